The van der Waals surface area contributed by atoms with Crippen LogP contribution in [0.25, 0.3) is 31.6 Å². The monoisotopic (exact) mass is 557 g/mol. The predicted octanol–water partition coefficient (Wildman–Crippen LogP) is 6.83. The summed E-state index contributed by atoms with van der Waals surface area (Å²) >= 11 is 5.09. The maximum atomic E-state index is 12.9. The van der Waals surface area contributed by atoms with Crippen molar-refractivity contribution in [2.24, 2.45) is 5.92 Å². The van der Waals surface area contributed by atoms with Crippen molar-refractivity contribution in [3.05, 3.63) is 77.2 Å². The molecule has 0 spiro atoms. The molecule has 2 aromatic carbocycles. The van der Waals surface area contributed by atoms with Gasteiger partial charge >= 0.3 is 0 Å². The third-order valence-corrected chi connectivity index (χ3v) is 8.29. The fraction of sp³-hybridized carbons (Fsp3) is 0.214. The second kappa shape index (κ2) is 9.59. The molecule has 0 atom stereocenters. The Morgan fingerprint density at radius 2 is 1.81 bits per heavy atom. The van der Waals surface area contributed by atoms with Crippen LogP contribution in [0.1, 0.15) is 18.5 Å². The minimum atomic E-state index is -0.0152. The van der Waals surface area contributed by atoms with E-state index in [2.05, 4.69) is 61.5 Å². The number of pyridine rings is 1. The van der Waals surface area contributed by atoms with Crippen molar-refractivity contribution in [1.29, 1.82) is 0 Å². The number of benzene rings is 2. The average molecular weight is 559 g/mol. The third kappa shape index (κ3) is 4.35. The van der Waals surface area contributed by atoms with Gasteiger partial charge in [-0.3, -0.25) is 4.79 Å². The highest BCUT2D eigenvalue weighted by atomic mass is 79.9. The molecule has 0 unspecified atom stereocenters. The van der Waals surface area contributed by atoms with E-state index in [0.717, 1.165) is 79.2 Å². The van der Waals surface area contributed by atoms with Gasteiger partial charge < -0.3 is 10.2 Å². The smallest absolute Gasteiger partial charge is 0.227 e. The van der Waals surface area contributed by atoms with Gasteiger partial charge in [0, 0.05) is 40.2 Å². The number of aromatic nitrogens is 3. The number of aryl methyl sites for hydroxylation is 1. The highest BCUT2D eigenvalue weighted by Gasteiger charge is 2.28. The minimum absolute atomic E-state index is 0.0152. The molecule has 0 aliphatic carbocycles. The van der Waals surface area contributed by atoms with Crippen molar-refractivity contribution >= 4 is 65.1 Å². The lowest BCUT2D eigenvalue weighted by atomic mass is 9.95. The van der Waals surface area contributed by atoms with E-state index in [1.807, 2.05) is 37.3 Å². The molecule has 1 N–H and O–H groups in total. The van der Waals surface area contributed by atoms with Crippen LogP contribution in [0.15, 0.2) is 71.5 Å². The van der Waals surface area contributed by atoms with E-state index in [1.54, 1.807) is 17.7 Å². The van der Waals surface area contributed by atoms with Gasteiger partial charge in [-0.05, 0) is 61.2 Å². The topological polar surface area (TPSA) is 71.0 Å². The van der Waals surface area contributed by atoms with Crippen LogP contribution in [0, 0.1) is 12.8 Å². The molecule has 3 aromatic heterocycles. The zero-order valence-electron chi connectivity index (χ0n) is 19.7. The molecule has 8 heteroatoms. The molecular formula is C28H24BrN5OS. The van der Waals surface area contributed by atoms with Crippen molar-refractivity contribution in [3.63, 3.8) is 0 Å². The Balaban J connectivity index is 1.28. The fourth-order valence-corrected chi connectivity index (χ4v) is 6.36. The second-order valence-electron chi connectivity index (χ2n) is 9.09. The molecule has 1 aliphatic rings. The van der Waals surface area contributed by atoms with Gasteiger partial charge in [-0.1, -0.05) is 46.3 Å². The average Bonchev–Trinajstić information content (AvgIpc) is 3.28. The van der Waals surface area contributed by atoms with Crippen molar-refractivity contribution in [1.82, 2.24) is 15.0 Å². The molecule has 0 saturated carbocycles. The van der Waals surface area contributed by atoms with E-state index in [9.17, 15) is 4.79 Å². The molecule has 1 fully saturated rings. The predicted molar refractivity (Wildman–Crippen MR) is 151 cm³/mol. The summed E-state index contributed by atoms with van der Waals surface area (Å²) in [4.78, 5) is 30.4. The Labute approximate surface area is 221 Å². The van der Waals surface area contributed by atoms with E-state index in [-0.39, 0.29) is 11.8 Å². The number of thiophene rings is 1. The highest BCUT2D eigenvalue weighted by Crippen LogP contribution is 2.42. The first-order valence-electron chi connectivity index (χ1n) is 12.0. The molecule has 180 valence electrons. The number of carbonyl (C=O) groups excluding carboxylic acids is 1. The minimum Gasteiger partial charge on any atom is -0.355 e. The number of hydrogen-bond donors (Lipinski definition) is 1. The van der Waals surface area contributed by atoms with Gasteiger partial charge in [-0.2, -0.15) is 0 Å². The number of rotatable bonds is 4. The maximum absolute atomic E-state index is 12.9. The molecule has 4 heterocycles. The normalized spacial score (nSPS) is 14.4. The van der Waals surface area contributed by atoms with Gasteiger partial charge in [0.1, 0.15) is 17.0 Å². The standard InChI is InChI=1S/C28H24BrN5OS/c1-17-15-22(18-5-3-2-4-6-18)23-24-25(36-28(23)32-17)26(31-16-30-24)34-13-11-19(12-14-34)27(35)33-21-9-7-20(29)8-10-21/h2-10,15-16,19H,11-14H2,1H3,(H,33,35). The molecule has 1 saturated heterocycles. The van der Waals surface area contributed by atoms with Crippen LogP contribution >= 0.6 is 27.3 Å². The van der Waals surface area contributed by atoms with E-state index in [1.165, 1.54) is 0 Å². The van der Waals surface area contributed by atoms with Crippen LogP contribution in [0.5, 0.6) is 0 Å². The van der Waals surface area contributed by atoms with Crippen LogP contribution in [0.3, 0.4) is 0 Å². The van der Waals surface area contributed by atoms with Crippen LogP contribution in [0.4, 0.5) is 11.5 Å². The Morgan fingerprint density at radius 1 is 1.06 bits per heavy atom. The van der Waals surface area contributed by atoms with Crippen molar-refractivity contribution < 1.29 is 4.79 Å². The van der Waals surface area contributed by atoms with E-state index >= 15 is 0 Å². The van der Waals surface area contributed by atoms with Gasteiger partial charge in [0.05, 0.1) is 10.2 Å². The van der Waals surface area contributed by atoms with E-state index in [0.29, 0.717) is 0 Å². The number of anilines is 2. The van der Waals surface area contributed by atoms with Crippen molar-refractivity contribution in [3.8, 4) is 11.1 Å². The molecule has 1 aliphatic heterocycles. The number of nitrogens with one attached hydrogen (secondary N) is 1. The SMILES string of the molecule is Cc1cc(-c2ccccc2)c2c(n1)sc1c(N3CCC(C(=O)Nc4ccc(Br)cc4)CC3)ncnc12. The van der Waals surface area contributed by atoms with Crippen molar-refractivity contribution in [2.45, 2.75) is 19.8 Å². The number of fused-ring (bicyclic) bond motifs is 3. The first kappa shape index (κ1) is 23.1. The Hall–Kier alpha value is -3.36. The summed E-state index contributed by atoms with van der Waals surface area (Å²) in [7, 11) is 0. The molecule has 6 nitrogen and oxygen atoms in total. The molecular weight excluding hydrogens is 534 g/mol. The summed E-state index contributed by atoms with van der Waals surface area (Å²) in [5, 5.41) is 4.14. The first-order valence-corrected chi connectivity index (χ1v) is 13.6. The van der Waals surface area contributed by atoms with Crippen LogP contribution < -0.4 is 10.2 Å². The Kier molecular flexibility index (Phi) is 6.15. The highest BCUT2D eigenvalue weighted by molar-refractivity contribution is 9.10. The summed E-state index contributed by atoms with van der Waals surface area (Å²) < 4.78 is 2.05. The van der Waals surface area contributed by atoms with Crippen LogP contribution in [-0.4, -0.2) is 33.9 Å². The van der Waals surface area contributed by atoms with Crippen LogP contribution in [0.2, 0.25) is 0 Å². The van der Waals surface area contributed by atoms with Gasteiger partial charge in [0.15, 0.2) is 0 Å². The number of hydrogen-bond acceptors (Lipinski definition) is 6. The lowest BCUT2D eigenvalue weighted by Gasteiger charge is -2.32. The number of halogens is 1. The number of nitrogens with zero attached hydrogens (tertiary/aromatic N) is 4. The lowest BCUT2D eigenvalue weighted by molar-refractivity contribution is -0.120. The molecule has 1 amide bonds. The number of piperidine rings is 1. The first-order chi connectivity index (χ1) is 17.6. The largest absolute Gasteiger partial charge is 0.355 e. The summed E-state index contributed by atoms with van der Waals surface area (Å²) in [5.74, 6) is 1.00. The van der Waals surface area contributed by atoms with E-state index < -0.39 is 0 Å². The Bertz CT molecular complexity index is 1560. The Morgan fingerprint density at radius 3 is 2.56 bits per heavy atom. The molecule has 0 radical (unpaired) electrons. The van der Waals surface area contributed by atoms with Gasteiger partial charge in [-0.15, -0.1) is 11.3 Å². The number of carbonyl (C=O) groups is 1. The molecule has 0 bridgehead atoms. The lowest BCUT2D eigenvalue weighted by Crippen LogP contribution is -2.38. The summed E-state index contributed by atoms with van der Waals surface area (Å²) in [6.07, 6.45) is 3.22. The summed E-state index contributed by atoms with van der Waals surface area (Å²) in [5.41, 5.74) is 5.06. The second-order valence-corrected chi connectivity index (χ2v) is 11.0. The van der Waals surface area contributed by atoms with Gasteiger partial charge in [-0.25, -0.2) is 15.0 Å². The van der Waals surface area contributed by atoms with Gasteiger partial charge in [0.2, 0.25) is 5.91 Å². The summed E-state index contributed by atoms with van der Waals surface area (Å²) in [6.45, 7) is 3.58. The molecule has 6 rings (SSSR count). The molecule has 36 heavy (non-hydrogen) atoms. The number of amides is 1. The van der Waals surface area contributed by atoms with E-state index in [4.69, 9.17) is 9.97 Å². The molecule has 5 aromatic rings. The quantitative estimate of drug-likeness (QED) is 0.262. The van der Waals surface area contributed by atoms with Crippen LogP contribution in [-0.2, 0) is 4.79 Å². The third-order valence-electron chi connectivity index (χ3n) is 6.70. The zero-order chi connectivity index (χ0) is 24.6. The summed E-state index contributed by atoms with van der Waals surface area (Å²) in [6, 6.07) is 20.2. The van der Waals surface area contributed by atoms with Gasteiger partial charge in [0.25, 0.3) is 0 Å². The fourth-order valence-electron chi connectivity index (χ4n) is 4.88. The maximum Gasteiger partial charge on any atom is 0.227 e. The zero-order valence-corrected chi connectivity index (χ0v) is 22.1. The van der Waals surface area contributed by atoms with Crippen molar-refractivity contribution in [2.75, 3.05) is 23.3 Å².